The van der Waals surface area contributed by atoms with Crippen LogP contribution in [0.2, 0.25) is 5.02 Å². The summed E-state index contributed by atoms with van der Waals surface area (Å²) in [5.41, 5.74) is 1.56. The maximum absolute atomic E-state index is 12.0. The molecule has 2 rings (SSSR count). The predicted octanol–water partition coefficient (Wildman–Crippen LogP) is 4.17. The van der Waals surface area contributed by atoms with Crippen molar-refractivity contribution < 1.29 is 9.59 Å². The van der Waals surface area contributed by atoms with Crippen LogP contribution >= 0.6 is 27.5 Å². The van der Waals surface area contributed by atoms with Crippen LogP contribution in [0, 0.1) is 0 Å². The molecule has 1 amide bonds. The van der Waals surface area contributed by atoms with Crippen molar-refractivity contribution in [3.8, 4) is 0 Å². The first-order chi connectivity index (χ1) is 9.10. The lowest BCUT2D eigenvalue weighted by Crippen LogP contribution is -2.11. The zero-order chi connectivity index (χ0) is 13.8. The molecule has 5 heteroatoms. The number of aldehydes is 1. The van der Waals surface area contributed by atoms with Crippen molar-refractivity contribution in [2.75, 3.05) is 5.32 Å². The van der Waals surface area contributed by atoms with Crippen molar-refractivity contribution >= 4 is 45.4 Å². The smallest absolute Gasteiger partial charge is 0.255 e. The highest BCUT2D eigenvalue weighted by Crippen LogP contribution is 2.23. The molecule has 0 aliphatic rings. The highest BCUT2D eigenvalue weighted by atomic mass is 79.9. The minimum absolute atomic E-state index is 0.264. The molecule has 0 heterocycles. The van der Waals surface area contributed by atoms with Gasteiger partial charge in [-0.1, -0.05) is 23.7 Å². The number of rotatable bonds is 3. The molecule has 2 aromatic carbocycles. The number of halogens is 2. The molecule has 0 fully saturated rings. The van der Waals surface area contributed by atoms with Crippen LogP contribution in [0.25, 0.3) is 0 Å². The van der Waals surface area contributed by atoms with Crippen LogP contribution in [0.4, 0.5) is 5.69 Å². The summed E-state index contributed by atoms with van der Waals surface area (Å²) in [7, 11) is 0. The Morgan fingerprint density at radius 3 is 2.68 bits per heavy atom. The summed E-state index contributed by atoms with van der Waals surface area (Å²) in [5.74, 6) is -0.264. The van der Waals surface area contributed by atoms with E-state index in [0.29, 0.717) is 26.3 Å². The Labute approximate surface area is 123 Å². The van der Waals surface area contributed by atoms with Crippen molar-refractivity contribution in [1.82, 2.24) is 0 Å². The molecule has 0 unspecified atom stereocenters. The molecule has 2 aromatic rings. The van der Waals surface area contributed by atoms with Crippen LogP contribution in [0.3, 0.4) is 0 Å². The Balaban J connectivity index is 2.20. The Bertz CT molecular complexity index is 643. The third kappa shape index (κ3) is 3.43. The summed E-state index contributed by atoms with van der Waals surface area (Å²) >= 11 is 9.13. The summed E-state index contributed by atoms with van der Waals surface area (Å²) in [5, 5.41) is 3.26. The molecule has 0 atom stereocenters. The van der Waals surface area contributed by atoms with E-state index in [-0.39, 0.29) is 5.91 Å². The first-order valence-corrected chi connectivity index (χ1v) is 6.59. The summed E-state index contributed by atoms with van der Waals surface area (Å²) in [4.78, 5) is 22.7. The SMILES string of the molecule is O=Cc1cccc(NC(=O)c2ccc(Cl)c(Br)c2)c1. The number of hydrogen-bond donors (Lipinski definition) is 1. The van der Waals surface area contributed by atoms with Crippen LogP contribution in [0.15, 0.2) is 46.9 Å². The molecule has 0 aliphatic heterocycles. The van der Waals surface area contributed by atoms with Crippen molar-refractivity contribution in [3.05, 3.63) is 63.1 Å². The van der Waals surface area contributed by atoms with Crippen LogP contribution in [-0.4, -0.2) is 12.2 Å². The standard InChI is InChI=1S/C14H9BrClNO2/c15-12-7-10(4-5-13(12)16)14(19)17-11-3-1-2-9(6-11)8-18/h1-8H,(H,17,19). The number of amides is 1. The molecule has 0 saturated heterocycles. The number of carbonyl (C=O) groups excluding carboxylic acids is 2. The van der Waals surface area contributed by atoms with Crippen molar-refractivity contribution in [2.45, 2.75) is 0 Å². The molecule has 0 radical (unpaired) electrons. The number of anilines is 1. The third-order valence-corrected chi connectivity index (χ3v) is 3.68. The van der Waals surface area contributed by atoms with Crippen molar-refractivity contribution in [2.24, 2.45) is 0 Å². The molecule has 0 aromatic heterocycles. The summed E-state index contributed by atoms with van der Waals surface area (Å²) in [6.07, 6.45) is 0.731. The number of benzene rings is 2. The van der Waals surface area contributed by atoms with Crippen molar-refractivity contribution in [1.29, 1.82) is 0 Å². The summed E-state index contributed by atoms with van der Waals surface area (Å²) in [6.45, 7) is 0. The second-order valence-corrected chi connectivity index (χ2v) is 5.09. The predicted molar refractivity (Wildman–Crippen MR) is 78.9 cm³/mol. The lowest BCUT2D eigenvalue weighted by atomic mass is 10.2. The molecule has 1 N–H and O–H groups in total. The van der Waals surface area contributed by atoms with E-state index in [1.807, 2.05) is 0 Å². The van der Waals surface area contributed by atoms with Gasteiger partial charge in [-0.05, 0) is 46.3 Å². The average Bonchev–Trinajstić information content (AvgIpc) is 2.42. The minimum atomic E-state index is -0.264. The average molecular weight is 339 g/mol. The van der Waals surface area contributed by atoms with Gasteiger partial charge in [-0.25, -0.2) is 0 Å². The molecule has 0 aliphatic carbocycles. The first kappa shape index (κ1) is 13.8. The Morgan fingerprint density at radius 2 is 2.00 bits per heavy atom. The molecule has 19 heavy (non-hydrogen) atoms. The fourth-order valence-electron chi connectivity index (χ4n) is 1.53. The number of nitrogens with one attached hydrogen (secondary N) is 1. The van der Waals surface area contributed by atoms with Gasteiger partial charge in [-0.15, -0.1) is 0 Å². The zero-order valence-electron chi connectivity index (χ0n) is 9.69. The Kier molecular flexibility index (Phi) is 4.35. The highest BCUT2D eigenvalue weighted by Gasteiger charge is 2.08. The highest BCUT2D eigenvalue weighted by molar-refractivity contribution is 9.10. The lowest BCUT2D eigenvalue weighted by molar-refractivity contribution is 0.102. The summed E-state index contributed by atoms with van der Waals surface area (Å²) in [6, 6.07) is 11.6. The fraction of sp³-hybridized carbons (Fsp3) is 0. The van der Waals surface area contributed by atoms with Crippen LogP contribution < -0.4 is 5.32 Å². The van der Waals surface area contributed by atoms with E-state index in [1.54, 1.807) is 42.5 Å². The Morgan fingerprint density at radius 1 is 1.21 bits per heavy atom. The van der Waals surface area contributed by atoms with E-state index in [2.05, 4.69) is 21.2 Å². The van der Waals surface area contributed by atoms with Gasteiger partial charge in [0.25, 0.3) is 5.91 Å². The molecule has 0 saturated carbocycles. The molecule has 0 bridgehead atoms. The second-order valence-electron chi connectivity index (χ2n) is 3.83. The second kappa shape index (κ2) is 5.99. The molecule has 0 spiro atoms. The van der Waals surface area contributed by atoms with Crippen molar-refractivity contribution in [3.63, 3.8) is 0 Å². The van der Waals surface area contributed by atoms with E-state index in [0.717, 1.165) is 6.29 Å². The molecule has 3 nitrogen and oxygen atoms in total. The quantitative estimate of drug-likeness (QED) is 0.854. The van der Waals surface area contributed by atoms with Gasteiger partial charge in [-0.2, -0.15) is 0 Å². The molecular formula is C14H9BrClNO2. The van der Waals surface area contributed by atoms with E-state index < -0.39 is 0 Å². The van der Waals surface area contributed by atoms with Gasteiger partial charge in [0.05, 0.1) is 5.02 Å². The maximum atomic E-state index is 12.0. The van der Waals surface area contributed by atoms with Crippen LogP contribution in [-0.2, 0) is 0 Å². The van der Waals surface area contributed by atoms with E-state index >= 15 is 0 Å². The van der Waals surface area contributed by atoms with E-state index in [4.69, 9.17) is 11.6 Å². The Hall–Kier alpha value is -1.65. The number of hydrogen-bond acceptors (Lipinski definition) is 2. The van der Waals surface area contributed by atoms with Gasteiger partial charge >= 0.3 is 0 Å². The largest absolute Gasteiger partial charge is 0.322 e. The fourth-order valence-corrected chi connectivity index (χ4v) is 2.03. The van der Waals surface area contributed by atoms with E-state index in [1.165, 1.54) is 0 Å². The van der Waals surface area contributed by atoms with Crippen LogP contribution in [0.5, 0.6) is 0 Å². The third-order valence-electron chi connectivity index (χ3n) is 2.46. The first-order valence-electron chi connectivity index (χ1n) is 5.42. The number of carbonyl (C=O) groups is 2. The minimum Gasteiger partial charge on any atom is -0.322 e. The van der Waals surface area contributed by atoms with Gasteiger partial charge in [0.1, 0.15) is 6.29 Å². The zero-order valence-corrected chi connectivity index (χ0v) is 12.0. The molecular weight excluding hydrogens is 330 g/mol. The van der Waals surface area contributed by atoms with Gasteiger partial charge in [0.15, 0.2) is 0 Å². The monoisotopic (exact) mass is 337 g/mol. The van der Waals surface area contributed by atoms with E-state index in [9.17, 15) is 9.59 Å². The maximum Gasteiger partial charge on any atom is 0.255 e. The van der Waals surface area contributed by atoms with Gasteiger partial charge in [-0.3, -0.25) is 9.59 Å². The normalized spacial score (nSPS) is 10.0. The molecule has 96 valence electrons. The summed E-state index contributed by atoms with van der Waals surface area (Å²) < 4.78 is 0.656. The van der Waals surface area contributed by atoms with Crippen LogP contribution in [0.1, 0.15) is 20.7 Å². The van der Waals surface area contributed by atoms with Gasteiger partial charge in [0, 0.05) is 21.3 Å². The van der Waals surface area contributed by atoms with Gasteiger partial charge < -0.3 is 5.32 Å². The lowest BCUT2D eigenvalue weighted by Gasteiger charge is -2.06. The topological polar surface area (TPSA) is 46.2 Å². The van der Waals surface area contributed by atoms with Gasteiger partial charge in [0.2, 0.25) is 0 Å².